The molecule has 0 bridgehead atoms. The number of esters is 1. The van der Waals surface area contributed by atoms with Gasteiger partial charge in [0, 0.05) is 12.1 Å². The highest BCUT2D eigenvalue weighted by atomic mass is 32.2. The van der Waals surface area contributed by atoms with Crippen molar-refractivity contribution >= 4 is 42.2 Å². The van der Waals surface area contributed by atoms with Crippen LogP contribution < -0.4 is 4.74 Å². The summed E-state index contributed by atoms with van der Waals surface area (Å²) in [6.07, 6.45) is 8.06. The molecule has 1 saturated heterocycles. The number of nitro groups is 1. The molecule has 49 heavy (non-hydrogen) atoms. The zero-order valence-electron chi connectivity index (χ0n) is 27.3. The fourth-order valence-corrected chi connectivity index (χ4v) is 9.22. The van der Waals surface area contributed by atoms with Crippen molar-refractivity contribution in [2.45, 2.75) is 101 Å². The number of carbonyl (C=O) groups is 2. The van der Waals surface area contributed by atoms with E-state index in [1.165, 1.54) is 47.9 Å². The van der Waals surface area contributed by atoms with E-state index in [0.29, 0.717) is 42.0 Å². The molecule has 2 aromatic rings. The lowest BCUT2D eigenvalue weighted by Gasteiger charge is -2.41. The van der Waals surface area contributed by atoms with E-state index < -0.39 is 36.0 Å². The lowest BCUT2D eigenvalue weighted by Crippen LogP contribution is -2.61. The van der Waals surface area contributed by atoms with E-state index in [1.54, 1.807) is 0 Å². The molecule has 2 atom stereocenters. The first-order chi connectivity index (χ1) is 23.7. The largest absolute Gasteiger partial charge is 0.530 e. The molecule has 262 valence electrons. The summed E-state index contributed by atoms with van der Waals surface area (Å²) in [4.78, 5) is 43.8. The molecule has 2 aromatic carbocycles. The number of aliphatic imine (C=N–C) groups is 1. The molecule has 1 amide bonds. The number of hydrogen-bond donors (Lipinski definition) is 0. The summed E-state index contributed by atoms with van der Waals surface area (Å²) in [6.45, 7) is 1.35. The summed E-state index contributed by atoms with van der Waals surface area (Å²) in [5.41, 5.74) is 0.158. The third-order valence-corrected chi connectivity index (χ3v) is 11.7. The van der Waals surface area contributed by atoms with E-state index in [-0.39, 0.29) is 42.6 Å². The normalized spacial score (nSPS) is 22.0. The molecule has 4 aliphatic rings. The van der Waals surface area contributed by atoms with Crippen LogP contribution in [0, 0.1) is 10.1 Å². The average molecular weight is 714 g/mol. The number of para-hydroxylation sites is 1. The Labute approximate surface area is 289 Å². The standard InChI is InChI=1S/C34H40N3O10PS/c1-23(45-48(42,46-27-13-7-3-8-14-27)47-28-15-9-4-10-16-28)31(34(39)44-21-24-17-19-25(20-18-24)37(40)41)36-32(38)30-33(36)49-29(35-30)22-43-26-11-5-2-6-12-26/h2,5-6,11-12,17-20,27-28,30,33H,3-4,7-10,13-16,21-22H2,1H3. The highest BCUT2D eigenvalue weighted by molar-refractivity contribution is 8.15. The van der Waals surface area contributed by atoms with Crippen molar-refractivity contribution in [2.75, 3.05) is 6.61 Å². The second-order valence-corrected chi connectivity index (χ2v) is 15.1. The second-order valence-electron chi connectivity index (χ2n) is 12.5. The predicted molar refractivity (Wildman–Crippen MR) is 182 cm³/mol. The van der Waals surface area contributed by atoms with Crippen LogP contribution in [0.25, 0.3) is 0 Å². The summed E-state index contributed by atoms with van der Waals surface area (Å²) in [5.74, 6) is -0.836. The van der Waals surface area contributed by atoms with Crippen LogP contribution in [0.2, 0.25) is 0 Å². The number of phosphoric acid groups is 1. The number of allylic oxidation sites excluding steroid dienone is 1. The molecule has 6 rings (SSSR count). The Balaban J connectivity index is 1.24. The van der Waals surface area contributed by atoms with E-state index in [4.69, 9.17) is 23.0 Å². The SMILES string of the molecule is CC(OP(=O)(OC1CCCCC1)OC1CCCCC1)=C(C(=O)OCc1ccc([N+](=O)[O-])cc1)N1C(=O)C2N=C(COc3ccccc3)SC21. The number of carbonyl (C=O) groups excluding carboxylic acids is 2. The average Bonchev–Trinajstić information content (AvgIpc) is 3.49. The van der Waals surface area contributed by atoms with Crippen LogP contribution in [0.15, 0.2) is 71.0 Å². The minimum Gasteiger partial charge on any atom is -0.487 e. The van der Waals surface area contributed by atoms with Gasteiger partial charge in [-0.15, -0.1) is 0 Å². The number of rotatable bonds is 14. The van der Waals surface area contributed by atoms with E-state index in [9.17, 15) is 24.3 Å². The number of fused-ring (bicyclic) bond motifs is 1. The first-order valence-electron chi connectivity index (χ1n) is 16.7. The number of ether oxygens (including phenoxy) is 2. The summed E-state index contributed by atoms with van der Waals surface area (Å²) in [5, 5.41) is 11.1. The van der Waals surface area contributed by atoms with Crippen molar-refractivity contribution < 1.29 is 42.1 Å². The predicted octanol–water partition coefficient (Wildman–Crippen LogP) is 7.45. The molecular weight excluding hydrogens is 673 g/mol. The molecule has 2 saturated carbocycles. The molecule has 15 heteroatoms. The fourth-order valence-electron chi connectivity index (χ4n) is 6.31. The highest BCUT2D eigenvalue weighted by Gasteiger charge is 2.56. The van der Waals surface area contributed by atoms with Gasteiger partial charge in [-0.2, -0.15) is 0 Å². The Morgan fingerprint density at radius 1 is 0.939 bits per heavy atom. The lowest BCUT2D eigenvalue weighted by atomic mass is 9.98. The maximum atomic E-state index is 14.4. The maximum absolute atomic E-state index is 14.4. The van der Waals surface area contributed by atoms with Crippen LogP contribution in [0.3, 0.4) is 0 Å². The first-order valence-corrected chi connectivity index (χ1v) is 19.0. The molecule has 3 fully saturated rings. The molecular formula is C34H40N3O10PS. The molecule has 2 heterocycles. The van der Waals surface area contributed by atoms with Gasteiger partial charge in [0.1, 0.15) is 35.1 Å². The molecule has 0 radical (unpaired) electrons. The monoisotopic (exact) mass is 713 g/mol. The number of thioether (sulfide) groups is 1. The minimum atomic E-state index is -4.25. The molecule has 0 spiro atoms. The van der Waals surface area contributed by atoms with Crippen molar-refractivity contribution in [3.05, 3.63) is 81.7 Å². The zero-order chi connectivity index (χ0) is 34.4. The Morgan fingerprint density at radius 3 is 2.14 bits per heavy atom. The second kappa shape index (κ2) is 15.9. The van der Waals surface area contributed by atoms with Crippen molar-refractivity contribution in [2.24, 2.45) is 4.99 Å². The quantitative estimate of drug-likeness (QED) is 0.0364. The van der Waals surface area contributed by atoms with Gasteiger partial charge in [0.05, 0.1) is 17.1 Å². The van der Waals surface area contributed by atoms with Crippen LogP contribution in [0.5, 0.6) is 5.75 Å². The number of non-ortho nitro benzene ring substituents is 1. The molecule has 0 N–H and O–H groups in total. The summed E-state index contributed by atoms with van der Waals surface area (Å²) in [7, 11) is -4.25. The van der Waals surface area contributed by atoms with Gasteiger partial charge in [-0.05, 0) is 62.4 Å². The Morgan fingerprint density at radius 2 is 1.55 bits per heavy atom. The summed E-state index contributed by atoms with van der Waals surface area (Å²) >= 11 is 1.29. The summed E-state index contributed by atoms with van der Waals surface area (Å²) < 4.78 is 44.1. The van der Waals surface area contributed by atoms with E-state index >= 15 is 0 Å². The Hall–Kier alpha value is -3.71. The Bertz CT molecular complexity index is 1600. The van der Waals surface area contributed by atoms with E-state index in [0.717, 1.165) is 38.5 Å². The first kappa shape index (κ1) is 35.1. The third-order valence-electron chi connectivity index (χ3n) is 8.85. The maximum Gasteiger partial charge on any atom is 0.530 e. The van der Waals surface area contributed by atoms with E-state index in [2.05, 4.69) is 4.99 Å². The third kappa shape index (κ3) is 8.72. The van der Waals surface area contributed by atoms with Crippen LogP contribution in [0.1, 0.15) is 76.7 Å². The highest BCUT2D eigenvalue weighted by Crippen LogP contribution is 2.57. The van der Waals surface area contributed by atoms with Gasteiger partial charge in [-0.1, -0.05) is 68.5 Å². The van der Waals surface area contributed by atoms with Crippen molar-refractivity contribution in [1.82, 2.24) is 4.90 Å². The number of phosphoric ester groups is 1. The van der Waals surface area contributed by atoms with Gasteiger partial charge >= 0.3 is 13.8 Å². The van der Waals surface area contributed by atoms with Crippen molar-refractivity contribution in [3.8, 4) is 5.75 Å². The van der Waals surface area contributed by atoms with Gasteiger partial charge in [0.25, 0.3) is 11.6 Å². The van der Waals surface area contributed by atoms with Gasteiger partial charge in [-0.3, -0.25) is 33.8 Å². The van der Waals surface area contributed by atoms with Gasteiger partial charge in [-0.25, -0.2) is 9.36 Å². The number of hydrogen-bond acceptors (Lipinski definition) is 12. The number of likely N-dealkylation sites (tertiary alicyclic amines) is 1. The smallest absolute Gasteiger partial charge is 0.487 e. The molecule has 2 aliphatic carbocycles. The van der Waals surface area contributed by atoms with Crippen LogP contribution in [-0.4, -0.2) is 57.0 Å². The Kier molecular flexibility index (Phi) is 11.4. The number of nitrogens with zero attached hydrogens (tertiary/aromatic N) is 3. The van der Waals surface area contributed by atoms with Crippen LogP contribution in [0.4, 0.5) is 5.69 Å². The number of amides is 1. The van der Waals surface area contributed by atoms with Crippen molar-refractivity contribution in [3.63, 3.8) is 0 Å². The van der Waals surface area contributed by atoms with Crippen LogP contribution in [-0.2, 0) is 39.1 Å². The summed E-state index contributed by atoms with van der Waals surface area (Å²) in [6, 6.07) is 14.1. The van der Waals surface area contributed by atoms with E-state index in [1.807, 2.05) is 30.3 Å². The van der Waals surface area contributed by atoms with Crippen molar-refractivity contribution in [1.29, 1.82) is 0 Å². The topological polar surface area (TPSA) is 156 Å². The van der Waals surface area contributed by atoms with Gasteiger partial charge in [0.2, 0.25) is 0 Å². The van der Waals surface area contributed by atoms with Gasteiger partial charge < -0.3 is 14.0 Å². The molecule has 2 unspecified atom stereocenters. The number of nitro benzene ring substituents is 1. The lowest BCUT2D eigenvalue weighted by molar-refractivity contribution is -0.384. The minimum absolute atomic E-state index is 0.103. The zero-order valence-corrected chi connectivity index (χ0v) is 29.0. The van der Waals surface area contributed by atoms with Crippen LogP contribution >= 0.6 is 19.6 Å². The number of benzene rings is 2. The molecule has 2 aliphatic heterocycles. The fraction of sp³-hybridized carbons (Fsp3) is 0.500. The molecule has 0 aromatic heterocycles. The molecule has 13 nitrogen and oxygen atoms in total. The van der Waals surface area contributed by atoms with Gasteiger partial charge in [0.15, 0.2) is 11.7 Å². The number of β-lactam (4-membered cyclic amide) rings is 1.